The highest BCUT2D eigenvalue weighted by Crippen LogP contribution is 2.33. The van der Waals surface area contributed by atoms with E-state index in [0.29, 0.717) is 12.1 Å². The molecule has 0 atom stereocenters. The molecule has 0 N–H and O–H groups in total. The number of aliphatic imine (C=N–C) groups is 1. The highest BCUT2D eigenvalue weighted by atomic mass is 15.3. The van der Waals surface area contributed by atoms with E-state index in [0.717, 1.165) is 25.5 Å². The summed E-state index contributed by atoms with van der Waals surface area (Å²) >= 11 is 0. The van der Waals surface area contributed by atoms with Gasteiger partial charge in [0.15, 0.2) is 0 Å². The third-order valence-corrected chi connectivity index (χ3v) is 5.57. The highest BCUT2D eigenvalue weighted by Gasteiger charge is 2.28. The second-order valence-corrected chi connectivity index (χ2v) is 8.03. The van der Waals surface area contributed by atoms with E-state index in [9.17, 15) is 0 Å². The van der Waals surface area contributed by atoms with E-state index in [-0.39, 0.29) is 0 Å². The maximum atomic E-state index is 4.77. The minimum Gasteiger partial charge on any atom is -0.324 e. The lowest BCUT2D eigenvalue weighted by molar-refractivity contribution is 0.166. The van der Waals surface area contributed by atoms with Gasteiger partial charge in [-0.2, -0.15) is 0 Å². The molecule has 2 heterocycles. The Morgan fingerprint density at radius 3 is 2.37 bits per heavy atom. The summed E-state index contributed by atoms with van der Waals surface area (Å²) in [6.45, 7) is 11.9. The first kappa shape index (κ1) is 18.0. The molecule has 140 valence electrons. The largest absolute Gasteiger partial charge is 0.324 e. The molecule has 3 heteroatoms. The minimum absolute atomic E-state index is 0.547. The SMILES string of the molecule is CC(C)N(Cc1ccc(C2=Cc3ccccc3C3=NCCN23)cc1)C(C)C. The second-order valence-electron chi connectivity index (χ2n) is 8.03. The average molecular weight is 360 g/mol. The van der Waals surface area contributed by atoms with Gasteiger partial charge in [0.2, 0.25) is 0 Å². The average Bonchev–Trinajstić information content (AvgIpc) is 3.15. The van der Waals surface area contributed by atoms with Crippen molar-refractivity contribution >= 4 is 17.6 Å². The van der Waals surface area contributed by atoms with Crippen molar-refractivity contribution in [3.63, 3.8) is 0 Å². The Bertz CT molecular complexity index is 867. The molecule has 0 aromatic heterocycles. The van der Waals surface area contributed by atoms with Crippen LogP contribution in [-0.4, -0.2) is 40.8 Å². The molecule has 2 aromatic carbocycles. The van der Waals surface area contributed by atoms with Crippen LogP contribution in [0.15, 0.2) is 53.5 Å². The van der Waals surface area contributed by atoms with E-state index in [4.69, 9.17) is 4.99 Å². The number of amidine groups is 1. The van der Waals surface area contributed by atoms with Crippen LogP contribution in [0, 0.1) is 0 Å². The molecule has 0 saturated heterocycles. The van der Waals surface area contributed by atoms with Crippen LogP contribution < -0.4 is 0 Å². The van der Waals surface area contributed by atoms with Gasteiger partial charge in [-0.05, 0) is 50.5 Å². The number of fused-ring (bicyclic) bond motifs is 3. The lowest BCUT2D eigenvalue weighted by Gasteiger charge is -2.31. The summed E-state index contributed by atoms with van der Waals surface area (Å²) < 4.78 is 0. The summed E-state index contributed by atoms with van der Waals surface area (Å²) in [7, 11) is 0. The smallest absolute Gasteiger partial charge is 0.136 e. The van der Waals surface area contributed by atoms with Crippen LogP contribution >= 0.6 is 0 Å². The van der Waals surface area contributed by atoms with Crippen LogP contribution in [0.4, 0.5) is 0 Å². The van der Waals surface area contributed by atoms with Gasteiger partial charge < -0.3 is 4.90 Å². The Labute approximate surface area is 163 Å². The van der Waals surface area contributed by atoms with Crippen LogP contribution in [0.5, 0.6) is 0 Å². The third kappa shape index (κ3) is 3.44. The normalized spacial score (nSPS) is 15.9. The fraction of sp³-hybridized carbons (Fsp3) is 0.375. The minimum atomic E-state index is 0.547. The summed E-state index contributed by atoms with van der Waals surface area (Å²) in [4.78, 5) is 9.66. The first-order chi connectivity index (χ1) is 13.0. The van der Waals surface area contributed by atoms with Gasteiger partial charge in [-0.15, -0.1) is 0 Å². The molecule has 0 bridgehead atoms. The van der Waals surface area contributed by atoms with Crippen LogP contribution in [-0.2, 0) is 6.54 Å². The summed E-state index contributed by atoms with van der Waals surface area (Å²) in [6, 6.07) is 18.8. The number of rotatable bonds is 5. The molecule has 2 aromatic rings. The van der Waals surface area contributed by atoms with E-state index in [1.54, 1.807) is 0 Å². The monoisotopic (exact) mass is 359 g/mol. The Morgan fingerprint density at radius 2 is 1.67 bits per heavy atom. The van der Waals surface area contributed by atoms with Gasteiger partial charge in [-0.3, -0.25) is 9.89 Å². The Morgan fingerprint density at radius 1 is 0.963 bits per heavy atom. The molecule has 2 aliphatic rings. The fourth-order valence-electron chi connectivity index (χ4n) is 4.16. The van der Waals surface area contributed by atoms with E-state index in [2.05, 4.69) is 92.1 Å². The molecule has 27 heavy (non-hydrogen) atoms. The molecule has 0 aliphatic carbocycles. The lowest BCUT2D eigenvalue weighted by Crippen LogP contribution is -2.36. The predicted molar refractivity (Wildman–Crippen MR) is 115 cm³/mol. The second kappa shape index (κ2) is 7.32. The molecule has 0 amide bonds. The van der Waals surface area contributed by atoms with E-state index >= 15 is 0 Å². The van der Waals surface area contributed by atoms with Crippen LogP contribution in [0.3, 0.4) is 0 Å². The quantitative estimate of drug-likeness (QED) is 0.758. The zero-order valence-electron chi connectivity index (χ0n) is 16.8. The Balaban J connectivity index is 1.63. The van der Waals surface area contributed by atoms with Crippen molar-refractivity contribution < 1.29 is 0 Å². The molecule has 4 rings (SSSR count). The first-order valence-corrected chi connectivity index (χ1v) is 10.0. The molecule has 0 spiro atoms. The molecular formula is C24H29N3. The summed E-state index contributed by atoms with van der Waals surface area (Å²) in [5.74, 6) is 1.12. The summed E-state index contributed by atoms with van der Waals surface area (Å²) in [6.07, 6.45) is 2.31. The van der Waals surface area contributed by atoms with Crippen molar-refractivity contribution in [2.24, 2.45) is 4.99 Å². The number of hydrogen-bond acceptors (Lipinski definition) is 3. The molecule has 0 fully saturated rings. The van der Waals surface area contributed by atoms with Crippen molar-refractivity contribution in [2.75, 3.05) is 13.1 Å². The van der Waals surface area contributed by atoms with Gasteiger partial charge in [0.1, 0.15) is 5.84 Å². The zero-order valence-corrected chi connectivity index (χ0v) is 16.8. The fourth-order valence-corrected chi connectivity index (χ4v) is 4.16. The van der Waals surface area contributed by atoms with Crippen molar-refractivity contribution in [3.8, 4) is 0 Å². The van der Waals surface area contributed by atoms with Crippen molar-refractivity contribution in [1.82, 2.24) is 9.80 Å². The third-order valence-electron chi connectivity index (χ3n) is 5.57. The number of hydrogen-bond donors (Lipinski definition) is 0. The van der Waals surface area contributed by atoms with E-state index in [1.165, 1.54) is 28.0 Å². The summed E-state index contributed by atoms with van der Waals surface area (Å²) in [5.41, 5.74) is 6.41. The molecule has 3 nitrogen and oxygen atoms in total. The maximum absolute atomic E-state index is 4.77. The van der Waals surface area contributed by atoms with Gasteiger partial charge in [-0.25, -0.2) is 0 Å². The van der Waals surface area contributed by atoms with Crippen molar-refractivity contribution in [3.05, 3.63) is 70.8 Å². The van der Waals surface area contributed by atoms with E-state index in [1.807, 2.05) is 0 Å². The standard InChI is InChI=1S/C24H29N3/c1-17(2)27(18(3)4)16-19-9-11-20(12-10-19)23-15-21-7-5-6-8-22(21)24-25-13-14-26(23)24/h5-12,15,17-18H,13-14,16H2,1-4H3. The van der Waals surface area contributed by atoms with Gasteiger partial charge in [0, 0.05) is 30.7 Å². The van der Waals surface area contributed by atoms with Crippen molar-refractivity contribution in [1.29, 1.82) is 0 Å². The Hall–Kier alpha value is -2.39. The van der Waals surface area contributed by atoms with Crippen LogP contribution in [0.25, 0.3) is 11.8 Å². The number of nitrogens with zero attached hydrogens (tertiary/aromatic N) is 3. The topological polar surface area (TPSA) is 18.8 Å². The number of benzene rings is 2. The lowest BCUT2D eigenvalue weighted by atomic mass is 9.97. The van der Waals surface area contributed by atoms with Crippen LogP contribution in [0.2, 0.25) is 0 Å². The Kier molecular flexibility index (Phi) is 4.88. The van der Waals surface area contributed by atoms with Gasteiger partial charge in [-0.1, -0.05) is 48.5 Å². The molecule has 0 saturated carbocycles. The predicted octanol–water partition coefficient (Wildman–Crippen LogP) is 4.88. The maximum Gasteiger partial charge on any atom is 0.136 e. The van der Waals surface area contributed by atoms with Gasteiger partial charge >= 0.3 is 0 Å². The van der Waals surface area contributed by atoms with E-state index < -0.39 is 0 Å². The van der Waals surface area contributed by atoms with Crippen molar-refractivity contribution in [2.45, 2.75) is 46.3 Å². The van der Waals surface area contributed by atoms with Gasteiger partial charge in [0.25, 0.3) is 0 Å². The highest BCUT2D eigenvalue weighted by molar-refractivity contribution is 6.12. The molecular weight excluding hydrogens is 330 g/mol. The van der Waals surface area contributed by atoms with Gasteiger partial charge in [0.05, 0.1) is 12.2 Å². The zero-order chi connectivity index (χ0) is 19.0. The van der Waals surface area contributed by atoms with Crippen LogP contribution in [0.1, 0.15) is 49.9 Å². The molecule has 2 aliphatic heterocycles. The first-order valence-electron chi connectivity index (χ1n) is 10.0. The summed E-state index contributed by atoms with van der Waals surface area (Å²) in [5, 5.41) is 0. The molecule has 0 unspecified atom stereocenters. The molecule has 0 radical (unpaired) electrons.